The molecule has 3 N–H and O–H groups in total. The fourth-order valence-corrected chi connectivity index (χ4v) is 2.66. The average molecular weight is 401 g/mol. The van der Waals surface area contributed by atoms with Gasteiger partial charge in [-0.2, -0.15) is 0 Å². The minimum absolute atomic E-state index is 0. The van der Waals surface area contributed by atoms with Gasteiger partial charge >= 0.3 is 0 Å². The predicted molar refractivity (Wildman–Crippen MR) is 113 cm³/mol. The van der Waals surface area contributed by atoms with Crippen LogP contribution in [0.4, 0.5) is 5.69 Å². The molecule has 0 unspecified atom stereocenters. The largest absolute Gasteiger partial charge is 0.331 e. The number of rotatable bonds is 8. The monoisotopic (exact) mass is 400 g/mol. The van der Waals surface area contributed by atoms with E-state index in [0.717, 1.165) is 36.5 Å². The molecule has 1 amide bonds. The molecular formula is C19H30Cl2N4O. The first-order chi connectivity index (χ1) is 11.5. The van der Waals surface area contributed by atoms with Gasteiger partial charge in [-0.3, -0.25) is 4.79 Å². The highest BCUT2D eigenvalue weighted by molar-refractivity contribution is 5.95. The number of nitrogens with two attached hydrogens (primary N) is 1. The zero-order valence-electron chi connectivity index (χ0n) is 15.6. The second-order valence-corrected chi connectivity index (χ2v) is 6.60. The third-order valence-corrected chi connectivity index (χ3v) is 3.92. The topological polar surface area (TPSA) is 72.9 Å². The van der Waals surface area contributed by atoms with Gasteiger partial charge in [-0.1, -0.05) is 39.3 Å². The van der Waals surface area contributed by atoms with Crippen LogP contribution in [0, 0.1) is 5.92 Å². The van der Waals surface area contributed by atoms with Gasteiger partial charge in [0.05, 0.1) is 6.04 Å². The number of imidazole rings is 1. The Hall–Kier alpha value is -1.56. The summed E-state index contributed by atoms with van der Waals surface area (Å²) in [5.41, 5.74) is 7.69. The number of hydrogen-bond acceptors (Lipinski definition) is 3. The molecule has 5 nitrogen and oxygen atoms in total. The summed E-state index contributed by atoms with van der Waals surface area (Å²) in [6.07, 6.45) is 6.74. The number of nitrogens with one attached hydrogen (secondary N) is 1. The molecule has 0 aliphatic rings. The van der Waals surface area contributed by atoms with Crippen LogP contribution < -0.4 is 11.1 Å². The molecule has 1 heterocycles. The Labute approximate surface area is 168 Å². The van der Waals surface area contributed by atoms with Crippen LogP contribution in [0.2, 0.25) is 0 Å². The van der Waals surface area contributed by atoms with E-state index >= 15 is 0 Å². The van der Waals surface area contributed by atoms with Gasteiger partial charge in [-0.25, -0.2) is 4.98 Å². The van der Waals surface area contributed by atoms with Crippen molar-refractivity contribution < 1.29 is 4.79 Å². The molecule has 0 saturated heterocycles. The molecule has 1 aromatic heterocycles. The smallest absolute Gasteiger partial charge is 0.241 e. The van der Waals surface area contributed by atoms with E-state index in [0.29, 0.717) is 12.3 Å². The molecular weight excluding hydrogens is 371 g/mol. The molecule has 146 valence electrons. The maximum Gasteiger partial charge on any atom is 0.241 e. The van der Waals surface area contributed by atoms with E-state index in [9.17, 15) is 4.79 Å². The van der Waals surface area contributed by atoms with E-state index in [2.05, 4.69) is 35.6 Å². The SMILES string of the molecule is CCCCn1ccnc1-c1cccc(NC(=O)[C@@H](N)CC(C)C)c1.Cl.Cl. The molecule has 26 heavy (non-hydrogen) atoms. The number of amides is 1. The standard InChI is InChI=1S/C19H28N4O.2ClH/c1-4-5-10-23-11-9-21-18(23)15-7-6-8-16(13-15)22-19(24)17(20)12-14(2)3;;/h6-9,11,13-14,17H,4-5,10,12,20H2,1-3H3,(H,22,24);2*1H/t17-;;/m0../s1. The number of aromatic nitrogens is 2. The van der Waals surface area contributed by atoms with E-state index in [-0.39, 0.29) is 30.7 Å². The predicted octanol–water partition coefficient (Wildman–Crippen LogP) is 4.51. The summed E-state index contributed by atoms with van der Waals surface area (Å²) in [6, 6.07) is 7.28. The lowest BCUT2D eigenvalue weighted by atomic mass is 10.0. The highest BCUT2D eigenvalue weighted by Gasteiger charge is 2.15. The number of aryl methyl sites for hydroxylation is 1. The van der Waals surface area contributed by atoms with Crippen molar-refractivity contribution in [1.29, 1.82) is 0 Å². The molecule has 0 fully saturated rings. The van der Waals surface area contributed by atoms with Crippen LogP contribution >= 0.6 is 24.8 Å². The minimum Gasteiger partial charge on any atom is -0.331 e. The zero-order valence-corrected chi connectivity index (χ0v) is 17.3. The van der Waals surface area contributed by atoms with Crippen molar-refractivity contribution >= 4 is 36.4 Å². The molecule has 2 aromatic rings. The Morgan fingerprint density at radius 2 is 2.04 bits per heavy atom. The molecule has 0 spiro atoms. The van der Waals surface area contributed by atoms with Crippen LogP contribution in [0.3, 0.4) is 0 Å². The first-order valence-corrected chi connectivity index (χ1v) is 8.69. The van der Waals surface area contributed by atoms with Crippen molar-refractivity contribution in [3.8, 4) is 11.4 Å². The lowest BCUT2D eigenvalue weighted by molar-refractivity contribution is -0.117. The molecule has 2 rings (SSSR count). The number of benzene rings is 1. The Bertz CT molecular complexity index is 673. The number of unbranched alkanes of at least 4 members (excludes halogenated alkanes) is 1. The second kappa shape index (κ2) is 11.9. The summed E-state index contributed by atoms with van der Waals surface area (Å²) < 4.78 is 2.15. The van der Waals surface area contributed by atoms with Crippen molar-refractivity contribution in [2.45, 2.75) is 52.6 Å². The Morgan fingerprint density at radius 3 is 2.69 bits per heavy atom. The van der Waals surface area contributed by atoms with Crippen molar-refractivity contribution in [2.75, 3.05) is 5.32 Å². The summed E-state index contributed by atoms with van der Waals surface area (Å²) in [5.74, 6) is 1.17. The summed E-state index contributed by atoms with van der Waals surface area (Å²) in [7, 11) is 0. The van der Waals surface area contributed by atoms with Crippen LogP contribution in [-0.4, -0.2) is 21.5 Å². The van der Waals surface area contributed by atoms with Crippen LogP contribution in [0.1, 0.15) is 40.0 Å². The quantitative estimate of drug-likeness (QED) is 0.684. The molecule has 0 radical (unpaired) electrons. The fourth-order valence-electron chi connectivity index (χ4n) is 2.66. The van der Waals surface area contributed by atoms with Crippen molar-refractivity contribution in [1.82, 2.24) is 9.55 Å². The number of hydrogen-bond donors (Lipinski definition) is 2. The molecule has 0 saturated carbocycles. The van der Waals surface area contributed by atoms with E-state index < -0.39 is 6.04 Å². The minimum atomic E-state index is -0.486. The number of carbonyl (C=O) groups is 1. The molecule has 0 bridgehead atoms. The van der Waals surface area contributed by atoms with Gasteiger partial charge < -0.3 is 15.6 Å². The van der Waals surface area contributed by atoms with E-state index in [1.165, 1.54) is 0 Å². The lowest BCUT2D eigenvalue weighted by Crippen LogP contribution is -2.36. The van der Waals surface area contributed by atoms with Gasteiger partial charge in [-0.15, -0.1) is 24.8 Å². The van der Waals surface area contributed by atoms with Gasteiger partial charge in [0.25, 0.3) is 0 Å². The number of halogens is 2. The van der Waals surface area contributed by atoms with Crippen LogP contribution in [0.15, 0.2) is 36.7 Å². The number of anilines is 1. The summed E-state index contributed by atoms with van der Waals surface area (Å²) in [6.45, 7) is 7.24. The van der Waals surface area contributed by atoms with Crippen molar-refractivity contribution in [3.63, 3.8) is 0 Å². The summed E-state index contributed by atoms with van der Waals surface area (Å²) in [4.78, 5) is 16.7. The first-order valence-electron chi connectivity index (χ1n) is 8.69. The summed E-state index contributed by atoms with van der Waals surface area (Å²) >= 11 is 0. The third-order valence-electron chi connectivity index (χ3n) is 3.92. The Balaban J connectivity index is 0.00000312. The van der Waals surface area contributed by atoms with Gasteiger partial charge in [0, 0.05) is 30.2 Å². The van der Waals surface area contributed by atoms with Crippen molar-refractivity contribution in [3.05, 3.63) is 36.7 Å². The van der Waals surface area contributed by atoms with Crippen LogP contribution in [-0.2, 0) is 11.3 Å². The van der Waals surface area contributed by atoms with Gasteiger partial charge in [0.2, 0.25) is 5.91 Å². The fraction of sp³-hybridized carbons (Fsp3) is 0.474. The van der Waals surface area contributed by atoms with Crippen molar-refractivity contribution in [2.24, 2.45) is 11.7 Å². The molecule has 1 atom stereocenters. The highest BCUT2D eigenvalue weighted by atomic mass is 35.5. The zero-order chi connectivity index (χ0) is 17.5. The van der Waals surface area contributed by atoms with Gasteiger partial charge in [0.1, 0.15) is 5.82 Å². The normalized spacial score (nSPS) is 11.4. The number of carbonyl (C=O) groups excluding carboxylic acids is 1. The number of nitrogens with zero attached hydrogens (tertiary/aromatic N) is 2. The first kappa shape index (κ1) is 24.4. The highest BCUT2D eigenvalue weighted by Crippen LogP contribution is 2.22. The van der Waals surface area contributed by atoms with E-state index in [1.807, 2.05) is 36.7 Å². The van der Waals surface area contributed by atoms with Gasteiger partial charge in [0.15, 0.2) is 0 Å². The maximum absolute atomic E-state index is 12.2. The molecule has 0 aliphatic heterocycles. The molecule has 7 heteroatoms. The van der Waals surface area contributed by atoms with E-state index in [4.69, 9.17) is 5.73 Å². The summed E-state index contributed by atoms with van der Waals surface area (Å²) in [5, 5.41) is 2.91. The maximum atomic E-state index is 12.2. The third kappa shape index (κ3) is 6.98. The molecule has 1 aromatic carbocycles. The van der Waals surface area contributed by atoms with E-state index in [1.54, 1.807) is 0 Å². The van der Waals surface area contributed by atoms with Crippen LogP contribution in [0.25, 0.3) is 11.4 Å². The Morgan fingerprint density at radius 1 is 1.31 bits per heavy atom. The average Bonchev–Trinajstić information content (AvgIpc) is 3.01. The second-order valence-electron chi connectivity index (χ2n) is 6.60. The lowest BCUT2D eigenvalue weighted by Gasteiger charge is -2.15. The van der Waals surface area contributed by atoms with Crippen LogP contribution in [0.5, 0.6) is 0 Å². The molecule has 0 aliphatic carbocycles. The Kier molecular flexibility index (Phi) is 11.2. The van der Waals surface area contributed by atoms with Gasteiger partial charge in [-0.05, 0) is 30.9 Å².